The van der Waals surface area contributed by atoms with E-state index in [1.807, 2.05) is 14.1 Å². The van der Waals surface area contributed by atoms with Crippen LogP contribution in [0.25, 0.3) is 0 Å². The number of carboxylic acid groups (broad SMARTS) is 1. The van der Waals surface area contributed by atoms with Gasteiger partial charge in [0.05, 0.1) is 6.61 Å². The summed E-state index contributed by atoms with van der Waals surface area (Å²) in [6, 6.07) is -0.163. The summed E-state index contributed by atoms with van der Waals surface area (Å²) in [5.41, 5.74) is 0. The number of carbonyl (C=O) groups is 1. The molecule has 0 aliphatic carbocycles. The molecule has 5 heteroatoms. The highest BCUT2D eigenvalue weighted by Crippen LogP contribution is 2.21. The lowest BCUT2D eigenvalue weighted by Gasteiger charge is -2.31. The van der Waals surface area contributed by atoms with Gasteiger partial charge in [0.1, 0.15) is 6.04 Å². The van der Waals surface area contributed by atoms with Crippen molar-refractivity contribution in [2.24, 2.45) is 0 Å². The highest BCUT2D eigenvalue weighted by Gasteiger charge is 2.34. The Labute approximate surface area is 97.0 Å². The minimum atomic E-state index is -0.785. The van der Waals surface area contributed by atoms with Gasteiger partial charge in [-0.05, 0) is 33.5 Å². The van der Waals surface area contributed by atoms with E-state index in [-0.39, 0.29) is 6.61 Å². The summed E-state index contributed by atoms with van der Waals surface area (Å²) >= 11 is 0. The zero-order chi connectivity index (χ0) is 12.1. The average molecular weight is 230 g/mol. The lowest BCUT2D eigenvalue weighted by Crippen LogP contribution is -2.49. The molecule has 1 rings (SSSR count). The first-order chi connectivity index (χ1) is 7.56. The lowest BCUT2D eigenvalue weighted by atomic mass is 10.2. The molecule has 1 fully saturated rings. The van der Waals surface area contributed by atoms with Crippen LogP contribution < -0.4 is 0 Å². The van der Waals surface area contributed by atoms with E-state index in [1.54, 1.807) is 7.11 Å². The monoisotopic (exact) mass is 230 g/mol. The Morgan fingerprint density at radius 2 is 2.31 bits per heavy atom. The van der Waals surface area contributed by atoms with E-state index >= 15 is 0 Å². The third-order valence-corrected chi connectivity index (χ3v) is 3.01. The first-order valence-corrected chi connectivity index (χ1v) is 5.68. The van der Waals surface area contributed by atoms with Gasteiger partial charge in [0.2, 0.25) is 0 Å². The molecule has 0 aromatic heterocycles. The molecule has 0 bridgehead atoms. The molecule has 1 aliphatic rings. The van der Waals surface area contributed by atoms with Crippen molar-refractivity contribution >= 4 is 5.97 Å². The van der Waals surface area contributed by atoms with E-state index < -0.39 is 12.0 Å². The Morgan fingerprint density at radius 3 is 2.81 bits per heavy atom. The second-order valence-corrected chi connectivity index (χ2v) is 4.61. The van der Waals surface area contributed by atoms with Gasteiger partial charge in [0.25, 0.3) is 0 Å². The summed E-state index contributed by atoms with van der Waals surface area (Å²) in [6.07, 6.45) is 2.15. The first-order valence-electron chi connectivity index (χ1n) is 5.68. The van der Waals surface area contributed by atoms with E-state index in [0.717, 1.165) is 25.9 Å². The van der Waals surface area contributed by atoms with Crippen molar-refractivity contribution in [2.45, 2.75) is 24.9 Å². The molecule has 0 spiro atoms. The Bertz CT molecular complexity index is 233. The van der Waals surface area contributed by atoms with Gasteiger partial charge < -0.3 is 14.7 Å². The number of likely N-dealkylation sites (tertiary alicyclic amines) is 1. The van der Waals surface area contributed by atoms with Crippen molar-refractivity contribution < 1.29 is 14.6 Å². The number of hydrogen-bond acceptors (Lipinski definition) is 4. The smallest absolute Gasteiger partial charge is 0.323 e. The Morgan fingerprint density at radius 1 is 1.62 bits per heavy atom. The minimum absolute atomic E-state index is 0.263. The number of methoxy groups -OCH3 is 1. The van der Waals surface area contributed by atoms with Crippen LogP contribution in [-0.4, -0.2) is 73.9 Å². The Balaban J connectivity index is 2.63. The van der Waals surface area contributed by atoms with Crippen LogP contribution in [0.2, 0.25) is 0 Å². The first kappa shape index (κ1) is 13.4. The molecule has 0 aromatic carbocycles. The summed E-state index contributed by atoms with van der Waals surface area (Å²) in [6.45, 7) is 2.03. The number of hydrogen-bond donors (Lipinski definition) is 1. The van der Waals surface area contributed by atoms with Crippen molar-refractivity contribution in [1.29, 1.82) is 0 Å². The van der Waals surface area contributed by atoms with Crippen LogP contribution in [0.1, 0.15) is 12.8 Å². The van der Waals surface area contributed by atoms with Gasteiger partial charge in [-0.15, -0.1) is 0 Å². The van der Waals surface area contributed by atoms with Gasteiger partial charge in [-0.25, -0.2) is 0 Å². The summed E-state index contributed by atoms with van der Waals surface area (Å²) in [4.78, 5) is 15.3. The van der Waals surface area contributed by atoms with Crippen LogP contribution in [0.5, 0.6) is 0 Å². The van der Waals surface area contributed by atoms with E-state index in [2.05, 4.69) is 9.80 Å². The quantitative estimate of drug-likeness (QED) is 0.702. The largest absolute Gasteiger partial charge is 0.480 e. The molecule has 0 radical (unpaired) electrons. The number of aliphatic carboxylic acids is 1. The predicted molar refractivity (Wildman–Crippen MR) is 61.6 cm³/mol. The maximum atomic E-state index is 11.2. The van der Waals surface area contributed by atoms with Crippen molar-refractivity contribution in [2.75, 3.05) is 40.9 Å². The standard InChI is InChI=1S/C11H22N2O3/c1-12(2)7-9-5-4-6-13(9)10(8-16-3)11(14)15/h9-10H,4-8H2,1-3H3,(H,14,15). The average Bonchev–Trinajstić information content (AvgIpc) is 2.60. The van der Waals surface area contributed by atoms with Crippen LogP contribution in [0.4, 0.5) is 0 Å². The molecule has 1 aliphatic heterocycles. The fourth-order valence-electron chi connectivity index (χ4n) is 2.35. The molecule has 2 unspecified atom stereocenters. The molecule has 16 heavy (non-hydrogen) atoms. The minimum Gasteiger partial charge on any atom is -0.480 e. The van der Waals surface area contributed by atoms with Gasteiger partial charge in [0.15, 0.2) is 0 Å². The molecule has 1 saturated heterocycles. The molecule has 94 valence electrons. The van der Waals surface area contributed by atoms with Crippen LogP contribution in [0, 0.1) is 0 Å². The van der Waals surface area contributed by atoms with Crippen molar-refractivity contribution in [3.8, 4) is 0 Å². The topological polar surface area (TPSA) is 53.0 Å². The molecule has 1 heterocycles. The van der Waals surface area contributed by atoms with Crippen LogP contribution in [0.3, 0.4) is 0 Å². The van der Waals surface area contributed by atoms with Gasteiger partial charge in [-0.3, -0.25) is 9.69 Å². The molecule has 0 amide bonds. The van der Waals surface area contributed by atoms with Crippen molar-refractivity contribution in [1.82, 2.24) is 9.80 Å². The number of nitrogens with zero attached hydrogens (tertiary/aromatic N) is 2. The zero-order valence-corrected chi connectivity index (χ0v) is 10.3. The highest BCUT2D eigenvalue weighted by atomic mass is 16.5. The molecular formula is C11H22N2O3. The fraction of sp³-hybridized carbons (Fsp3) is 0.909. The summed E-state index contributed by atoms with van der Waals surface area (Å²) in [5.74, 6) is -0.785. The Hall–Kier alpha value is -0.650. The summed E-state index contributed by atoms with van der Waals surface area (Å²) in [7, 11) is 5.58. The van der Waals surface area contributed by atoms with Crippen molar-refractivity contribution in [3.63, 3.8) is 0 Å². The third-order valence-electron chi connectivity index (χ3n) is 3.01. The molecule has 0 saturated carbocycles. The second-order valence-electron chi connectivity index (χ2n) is 4.61. The molecule has 0 aromatic rings. The van der Waals surface area contributed by atoms with Gasteiger partial charge in [-0.2, -0.15) is 0 Å². The van der Waals surface area contributed by atoms with E-state index in [0.29, 0.717) is 6.04 Å². The molecular weight excluding hydrogens is 208 g/mol. The third kappa shape index (κ3) is 3.43. The fourth-order valence-corrected chi connectivity index (χ4v) is 2.35. The van der Waals surface area contributed by atoms with E-state index in [9.17, 15) is 9.90 Å². The van der Waals surface area contributed by atoms with Gasteiger partial charge in [0, 0.05) is 19.7 Å². The van der Waals surface area contributed by atoms with E-state index in [4.69, 9.17) is 4.74 Å². The Kier molecular flexibility index (Phi) is 5.18. The molecule has 5 nitrogen and oxygen atoms in total. The summed E-state index contributed by atoms with van der Waals surface area (Å²) in [5, 5.41) is 9.18. The highest BCUT2D eigenvalue weighted by molar-refractivity contribution is 5.73. The number of likely N-dealkylation sites (N-methyl/N-ethyl adjacent to an activating group) is 1. The normalized spacial score (nSPS) is 23.9. The maximum Gasteiger partial charge on any atom is 0.323 e. The number of rotatable bonds is 6. The van der Waals surface area contributed by atoms with Gasteiger partial charge >= 0.3 is 5.97 Å². The second kappa shape index (κ2) is 6.18. The molecule has 1 N–H and O–H groups in total. The van der Waals surface area contributed by atoms with Crippen LogP contribution in [0.15, 0.2) is 0 Å². The SMILES string of the molecule is COCC(C(=O)O)N1CCCC1CN(C)C. The molecule has 2 atom stereocenters. The lowest BCUT2D eigenvalue weighted by molar-refractivity contribution is -0.146. The van der Waals surface area contributed by atoms with Crippen molar-refractivity contribution in [3.05, 3.63) is 0 Å². The van der Waals surface area contributed by atoms with E-state index in [1.165, 1.54) is 0 Å². The maximum absolute atomic E-state index is 11.2. The predicted octanol–water partition coefficient (Wildman–Crippen LogP) is 0.112. The van der Waals surface area contributed by atoms with Crippen LogP contribution in [-0.2, 0) is 9.53 Å². The van der Waals surface area contributed by atoms with Crippen LogP contribution >= 0.6 is 0 Å². The number of ether oxygens (including phenoxy) is 1. The number of carboxylic acids is 1. The zero-order valence-electron chi connectivity index (χ0n) is 10.3. The van der Waals surface area contributed by atoms with Gasteiger partial charge in [-0.1, -0.05) is 0 Å². The summed E-state index contributed by atoms with van der Waals surface area (Å²) < 4.78 is 4.99.